The van der Waals surface area contributed by atoms with Gasteiger partial charge in [-0.15, -0.1) is 0 Å². The van der Waals surface area contributed by atoms with Crippen LogP contribution in [-0.4, -0.2) is 13.2 Å². The zero-order valence-electron chi connectivity index (χ0n) is 11.7. The van der Waals surface area contributed by atoms with Gasteiger partial charge in [0.05, 0.1) is 0 Å². The van der Waals surface area contributed by atoms with Crippen LogP contribution in [0.1, 0.15) is 18.1 Å². The van der Waals surface area contributed by atoms with Crippen LogP contribution in [0.4, 0.5) is 0 Å². The molecule has 0 bridgehead atoms. The quantitative estimate of drug-likeness (QED) is 0.838. The summed E-state index contributed by atoms with van der Waals surface area (Å²) in [6, 6.07) is 18.0. The molecule has 2 aromatic carbocycles. The Morgan fingerprint density at radius 3 is 2.45 bits per heavy atom. The molecule has 0 saturated carbocycles. The fourth-order valence-electron chi connectivity index (χ4n) is 1.75. The molecule has 0 aliphatic carbocycles. The second-order valence-electron chi connectivity index (χ2n) is 4.38. The zero-order valence-corrected chi connectivity index (χ0v) is 11.7. The molecule has 0 fully saturated rings. The Balaban J connectivity index is 1.81. The molecule has 2 nitrogen and oxygen atoms in total. The molecule has 0 amide bonds. The third-order valence-electron chi connectivity index (χ3n) is 2.82. The minimum Gasteiger partial charge on any atom is -0.481 e. The molecule has 0 spiro atoms. The van der Waals surface area contributed by atoms with E-state index in [0.717, 1.165) is 24.4 Å². The number of ether oxygens (including phenoxy) is 1. The Bertz CT molecular complexity index is 564. The summed E-state index contributed by atoms with van der Waals surface area (Å²) in [5.74, 6) is 6.94. The van der Waals surface area contributed by atoms with Crippen molar-refractivity contribution in [1.29, 1.82) is 0 Å². The minimum absolute atomic E-state index is 0.404. The Hall–Kier alpha value is -2.24. The first-order chi connectivity index (χ1) is 9.88. The van der Waals surface area contributed by atoms with Crippen molar-refractivity contribution in [1.82, 2.24) is 5.32 Å². The van der Waals surface area contributed by atoms with Gasteiger partial charge in [-0.05, 0) is 36.4 Å². The number of nitrogens with one attached hydrogen (secondary N) is 1. The van der Waals surface area contributed by atoms with Gasteiger partial charge in [0.2, 0.25) is 0 Å². The smallest absolute Gasteiger partial charge is 0.149 e. The van der Waals surface area contributed by atoms with Gasteiger partial charge in [-0.2, -0.15) is 0 Å². The first-order valence-electron chi connectivity index (χ1n) is 6.85. The molecule has 102 valence electrons. The van der Waals surface area contributed by atoms with Crippen molar-refractivity contribution in [2.45, 2.75) is 13.5 Å². The summed E-state index contributed by atoms with van der Waals surface area (Å²) in [7, 11) is 0. The summed E-state index contributed by atoms with van der Waals surface area (Å²) in [6.07, 6.45) is 0. The summed E-state index contributed by atoms with van der Waals surface area (Å²) in [6.45, 7) is 4.38. The normalized spacial score (nSPS) is 9.65. The lowest BCUT2D eigenvalue weighted by atomic mass is 10.2. The molecule has 2 aromatic rings. The SMILES string of the molecule is CCNCc1ccc(OCC#Cc2ccccc2)cc1. The second kappa shape index (κ2) is 8.04. The fourth-order valence-corrected chi connectivity index (χ4v) is 1.75. The molecule has 2 heteroatoms. The van der Waals surface area contributed by atoms with Crippen molar-refractivity contribution in [3.63, 3.8) is 0 Å². The molecule has 0 saturated heterocycles. The average Bonchev–Trinajstić information content (AvgIpc) is 2.52. The fraction of sp³-hybridized carbons (Fsp3) is 0.222. The van der Waals surface area contributed by atoms with Crippen LogP contribution in [0.5, 0.6) is 5.75 Å². The van der Waals surface area contributed by atoms with Crippen molar-refractivity contribution in [3.05, 3.63) is 65.7 Å². The van der Waals surface area contributed by atoms with E-state index in [1.165, 1.54) is 5.56 Å². The van der Waals surface area contributed by atoms with E-state index in [-0.39, 0.29) is 0 Å². The van der Waals surface area contributed by atoms with Gasteiger partial charge in [-0.25, -0.2) is 0 Å². The van der Waals surface area contributed by atoms with E-state index in [9.17, 15) is 0 Å². The van der Waals surface area contributed by atoms with Crippen LogP contribution in [0.25, 0.3) is 0 Å². The Labute approximate surface area is 120 Å². The molecule has 20 heavy (non-hydrogen) atoms. The summed E-state index contributed by atoms with van der Waals surface area (Å²) in [5, 5.41) is 3.29. The summed E-state index contributed by atoms with van der Waals surface area (Å²) >= 11 is 0. The number of rotatable bonds is 5. The number of hydrogen-bond acceptors (Lipinski definition) is 2. The maximum absolute atomic E-state index is 5.59. The minimum atomic E-state index is 0.404. The lowest BCUT2D eigenvalue weighted by Crippen LogP contribution is -2.11. The molecule has 0 aliphatic rings. The third-order valence-corrected chi connectivity index (χ3v) is 2.82. The van der Waals surface area contributed by atoms with Crippen molar-refractivity contribution >= 4 is 0 Å². The highest BCUT2D eigenvalue weighted by atomic mass is 16.5. The number of hydrogen-bond donors (Lipinski definition) is 1. The maximum Gasteiger partial charge on any atom is 0.149 e. The van der Waals surface area contributed by atoms with E-state index in [4.69, 9.17) is 4.74 Å². The van der Waals surface area contributed by atoms with Crippen molar-refractivity contribution < 1.29 is 4.74 Å². The monoisotopic (exact) mass is 265 g/mol. The van der Waals surface area contributed by atoms with Crippen LogP contribution < -0.4 is 10.1 Å². The highest BCUT2D eigenvalue weighted by Gasteiger charge is 1.94. The predicted octanol–water partition coefficient (Wildman–Crippen LogP) is 3.23. The van der Waals surface area contributed by atoms with Gasteiger partial charge in [0.25, 0.3) is 0 Å². The van der Waals surface area contributed by atoms with Crippen LogP contribution in [-0.2, 0) is 6.54 Å². The molecule has 0 radical (unpaired) electrons. The van der Waals surface area contributed by atoms with Crippen LogP contribution in [0, 0.1) is 11.8 Å². The lowest BCUT2D eigenvalue weighted by molar-refractivity contribution is 0.370. The molecular formula is C18H19NO. The highest BCUT2D eigenvalue weighted by Crippen LogP contribution is 2.11. The van der Waals surface area contributed by atoms with Crippen molar-refractivity contribution in [3.8, 4) is 17.6 Å². The first-order valence-corrected chi connectivity index (χ1v) is 6.85. The van der Waals surface area contributed by atoms with E-state index in [1.54, 1.807) is 0 Å². The lowest BCUT2D eigenvalue weighted by Gasteiger charge is -2.04. The Morgan fingerprint density at radius 2 is 1.75 bits per heavy atom. The maximum atomic E-state index is 5.59. The van der Waals surface area contributed by atoms with Gasteiger partial charge >= 0.3 is 0 Å². The first kappa shape index (κ1) is 14.2. The van der Waals surface area contributed by atoms with Crippen molar-refractivity contribution in [2.75, 3.05) is 13.2 Å². The van der Waals surface area contributed by atoms with E-state index in [0.29, 0.717) is 6.61 Å². The summed E-state index contributed by atoms with van der Waals surface area (Å²) < 4.78 is 5.59. The molecule has 0 aromatic heterocycles. The van der Waals surface area contributed by atoms with E-state index in [1.807, 2.05) is 42.5 Å². The van der Waals surface area contributed by atoms with E-state index < -0.39 is 0 Å². The predicted molar refractivity (Wildman–Crippen MR) is 82.6 cm³/mol. The van der Waals surface area contributed by atoms with E-state index >= 15 is 0 Å². The Kier molecular flexibility index (Phi) is 5.70. The number of benzene rings is 2. The van der Waals surface area contributed by atoms with Crippen LogP contribution in [0.3, 0.4) is 0 Å². The van der Waals surface area contributed by atoms with Gasteiger partial charge < -0.3 is 10.1 Å². The molecule has 1 N–H and O–H groups in total. The zero-order chi connectivity index (χ0) is 14.0. The largest absolute Gasteiger partial charge is 0.481 e. The summed E-state index contributed by atoms with van der Waals surface area (Å²) in [4.78, 5) is 0. The van der Waals surface area contributed by atoms with Crippen LogP contribution in [0.15, 0.2) is 54.6 Å². The highest BCUT2D eigenvalue weighted by molar-refractivity contribution is 5.34. The standard InChI is InChI=1S/C18H19NO/c1-2-19-15-17-10-12-18(13-11-17)20-14-6-9-16-7-4-3-5-8-16/h3-5,7-8,10-13,19H,2,14-15H2,1H3. The second-order valence-corrected chi connectivity index (χ2v) is 4.38. The molecular weight excluding hydrogens is 246 g/mol. The Morgan fingerprint density at radius 1 is 1.00 bits per heavy atom. The molecule has 0 aliphatic heterocycles. The molecule has 0 unspecified atom stereocenters. The van der Waals surface area contributed by atoms with Crippen molar-refractivity contribution in [2.24, 2.45) is 0 Å². The summed E-state index contributed by atoms with van der Waals surface area (Å²) in [5.41, 5.74) is 2.27. The van der Waals surface area contributed by atoms with Gasteiger partial charge in [0.1, 0.15) is 12.4 Å². The molecule has 0 atom stereocenters. The topological polar surface area (TPSA) is 21.3 Å². The molecule has 2 rings (SSSR count). The molecule has 0 heterocycles. The van der Waals surface area contributed by atoms with Gasteiger partial charge in [0.15, 0.2) is 0 Å². The van der Waals surface area contributed by atoms with Gasteiger partial charge in [0, 0.05) is 12.1 Å². The van der Waals surface area contributed by atoms with Gasteiger partial charge in [-0.3, -0.25) is 0 Å². The van der Waals surface area contributed by atoms with Gasteiger partial charge in [-0.1, -0.05) is 49.1 Å². The average molecular weight is 265 g/mol. The van der Waals surface area contributed by atoms with E-state index in [2.05, 4.69) is 36.2 Å². The van der Waals surface area contributed by atoms with Crippen LogP contribution >= 0.6 is 0 Å². The third kappa shape index (κ3) is 4.79. The van der Waals surface area contributed by atoms with Crippen LogP contribution in [0.2, 0.25) is 0 Å².